The summed E-state index contributed by atoms with van der Waals surface area (Å²) in [6.07, 6.45) is 3.68. The van der Waals surface area contributed by atoms with Crippen LogP contribution in [0.15, 0.2) is 42.5 Å². The summed E-state index contributed by atoms with van der Waals surface area (Å²) < 4.78 is 12.1. The molecule has 0 aromatic heterocycles. The average Bonchev–Trinajstić information content (AvgIpc) is 3.20. The van der Waals surface area contributed by atoms with E-state index in [1.165, 1.54) is 31.5 Å². The molecule has 5 nitrogen and oxygen atoms in total. The quantitative estimate of drug-likeness (QED) is 0.599. The molecule has 4 rings (SSSR count). The number of nitrogens with two attached hydrogens (primary N) is 1. The SMILES string of the molecule is Nc1cc(OCCCN2CCCC2)c2c(c1)N(Cc1ccccc1)CCO2. The second kappa shape index (κ2) is 8.53. The van der Waals surface area contributed by atoms with Crippen LogP contribution in [0.4, 0.5) is 11.4 Å². The highest BCUT2D eigenvalue weighted by atomic mass is 16.5. The maximum absolute atomic E-state index is 6.17. The minimum absolute atomic E-state index is 0.661. The minimum atomic E-state index is 0.661. The largest absolute Gasteiger partial charge is 0.489 e. The fourth-order valence-electron chi connectivity index (χ4n) is 3.92. The van der Waals surface area contributed by atoms with Crippen LogP contribution in [0.1, 0.15) is 24.8 Å². The molecule has 2 aromatic carbocycles. The van der Waals surface area contributed by atoms with Gasteiger partial charge >= 0.3 is 0 Å². The first-order chi connectivity index (χ1) is 13.3. The molecule has 2 aliphatic rings. The molecule has 2 N–H and O–H groups in total. The number of fused-ring (bicyclic) bond motifs is 1. The molecule has 0 unspecified atom stereocenters. The monoisotopic (exact) mass is 367 g/mol. The summed E-state index contributed by atoms with van der Waals surface area (Å²) in [5.41, 5.74) is 9.19. The molecule has 27 heavy (non-hydrogen) atoms. The molecule has 0 amide bonds. The number of hydrogen-bond acceptors (Lipinski definition) is 5. The molecule has 0 radical (unpaired) electrons. The third-order valence-corrected chi connectivity index (χ3v) is 5.30. The third kappa shape index (κ3) is 4.48. The number of nitrogens with zero attached hydrogens (tertiary/aromatic N) is 2. The Balaban J connectivity index is 1.43. The maximum Gasteiger partial charge on any atom is 0.184 e. The number of anilines is 2. The van der Waals surface area contributed by atoms with Crippen LogP contribution in [0.2, 0.25) is 0 Å². The van der Waals surface area contributed by atoms with Crippen molar-refractivity contribution in [3.05, 3.63) is 48.0 Å². The van der Waals surface area contributed by atoms with E-state index in [0.29, 0.717) is 18.9 Å². The summed E-state index contributed by atoms with van der Waals surface area (Å²) in [6, 6.07) is 14.4. The molecule has 2 heterocycles. The topological polar surface area (TPSA) is 51.0 Å². The van der Waals surface area contributed by atoms with Gasteiger partial charge in [-0.25, -0.2) is 0 Å². The molecular weight excluding hydrogens is 338 g/mol. The van der Waals surface area contributed by atoms with E-state index in [0.717, 1.165) is 43.2 Å². The summed E-state index contributed by atoms with van der Waals surface area (Å²) in [6.45, 7) is 6.60. The lowest BCUT2D eigenvalue weighted by atomic mass is 10.1. The average molecular weight is 367 g/mol. The van der Waals surface area contributed by atoms with E-state index in [9.17, 15) is 0 Å². The molecule has 0 atom stereocenters. The van der Waals surface area contributed by atoms with Gasteiger partial charge in [-0.05, 0) is 44.0 Å². The molecule has 0 bridgehead atoms. The minimum Gasteiger partial charge on any atom is -0.489 e. The van der Waals surface area contributed by atoms with Crippen molar-refractivity contribution in [3.63, 3.8) is 0 Å². The number of hydrogen-bond donors (Lipinski definition) is 1. The zero-order valence-electron chi connectivity index (χ0n) is 15.9. The fourth-order valence-corrected chi connectivity index (χ4v) is 3.92. The second-order valence-electron chi connectivity index (χ2n) is 7.37. The lowest BCUT2D eigenvalue weighted by Gasteiger charge is -2.32. The molecule has 2 aromatic rings. The van der Waals surface area contributed by atoms with Crippen molar-refractivity contribution < 1.29 is 9.47 Å². The van der Waals surface area contributed by atoms with Crippen molar-refractivity contribution in [1.29, 1.82) is 0 Å². The fraction of sp³-hybridized carbons (Fsp3) is 0.455. The van der Waals surface area contributed by atoms with Crippen LogP contribution in [-0.4, -0.2) is 44.3 Å². The standard InChI is InChI=1S/C22H29N3O2/c23-19-15-20-22(21(16-19)26-13-6-11-24-9-4-5-10-24)27-14-12-25(20)17-18-7-2-1-3-8-18/h1-3,7-8,15-16H,4-6,9-14,17,23H2. The Hall–Kier alpha value is -2.40. The maximum atomic E-state index is 6.17. The van der Waals surface area contributed by atoms with Gasteiger partial charge in [0.05, 0.1) is 18.8 Å². The second-order valence-corrected chi connectivity index (χ2v) is 7.37. The van der Waals surface area contributed by atoms with Crippen molar-refractivity contribution in [3.8, 4) is 11.5 Å². The predicted molar refractivity (Wildman–Crippen MR) is 110 cm³/mol. The predicted octanol–water partition coefficient (Wildman–Crippen LogP) is 3.53. The zero-order valence-corrected chi connectivity index (χ0v) is 15.9. The van der Waals surface area contributed by atoms with Crippen molar-refractivity contribution in [2.24, 2.45) is 0 Å². The summed E-state index contributed by atoms with van der Waals surface area (Å²) >= 11 is 0. The smallest absolute Gasteiger partial charge is 0.184 e. The highest BCUT2D eigenvalue weighted by Crippen LogP contribution is 2.42. The van der Waals surface area contributed by atoms with Gasteiger partial charge in [-0.2, -0.15) is 0 Å². The molecule has 2 aliphatic heterocycles. The van der Waals surface area contributed by atoms with E-state index in [2.05, 4.69) is 34.1 Å². The Kier molecular flexibility index (Phi) is 5.68. The first kappa shape index (κ1) is 18.0. The molecule has 0 aliphatic carbocycles. The number of benzene rings is 2. The Bertz CT molecular complexity index is 745. The van der Waals surface area contributed by atoms with E-state index in [-0.39, 0.29) is 0 Å². The van der Waals surface area contributed by atoms with Crippen LogP contribution < -0.4 is 20.1 Å². The van der Waals surface area contributed by atoms with Gasteiger partial charge in [0.1, 0.15) is 6.61 Å². The van der Waals surface area contributed by atoms with Crippen molar-refractivity contribution in [1.82, 2.24) is 4.90 Å². The first-order valence-corrected chi connectivity index (χ1v) is 10.00. The van der Waals surface area contributed by atoms with E-state index in [4.69, 9.17) is 15.2 Å². The zero-order chi connectivity index (χ0) is 18.5. The summed E-state index contributed by atoms with van der Waals surface area (Å²) in [5.74, 6) is 1.59. The van der Waals surface area contributed by atoms with Crippen LogP contribution in [0.5, 0.6) is 11.5 Å². The van der Waals surface area contributed by atoms with Crippen LogP contribution in [-0.2, 0) is 6.54 Å². The highest BCUT2D eigenvalue weighted by molar-refractivity contribution is 5.72. The van der Waals surface area contributed by atoms with E-state index in [1.54, 1.807) is 0 Å². The van der Waals surface area contributed by atoms with Gasteiger partial charge in [-0.1, -0.05) is 30.3 Å². The number of rotatable bonds is 7. The Morgan fingerprint density at radius 3 is 2.67 bits per heavy atom. The summed E-state index contributed by atoms with van der Waals surface area (Å²) in [7, 11) is 0. The Morgan fingerprint density at radius 2 is 1.85 bits per heavy atom. The van der Waals surface area contributed by atoms with Gasteiger partial charge in [0.25, 0.3) is 0 Å². The molecule has 5 heteroatoms. The molecule has 144 valence electrons. The highest BCUT2D eigenvalue weighted by Gasteiger charge is 2.23. The number of likely N-dealkylation sites (tertiary alicyclic amines) is 1. The lowest BCUT2D eigenvalue weighted by Crippen LogP contribution is -2.32. The van der Waals surface area contributed by atoms with Gasteiger partial charge in [-0.3, -0.25) is 0 Å². The molecule has 1 saturated heterocycles. The Labute approximate surface area is 161 Å². The normalized spacial score (nSPS) is 16.8. The van der Waals surface area contributed by atoms with Crippen molar-refractivity contribution in [2.45, 2.75) is 25.8 Å². The van der Waals surface area contributed by atoms with E-state index < -0.39 is 0 Å². The number of ether oxygens (including phenoxy) is 2. The number of nitrogen functional groups attached to an aromatic ring is 1. The van der Waals surface area contributed by atoms with Crippen LogP contribution in [0.25, 0.3) is 0 Å². The van der Waals surface area contributed by atoms with Crippen LogP contribution >= 0.6 is 0 Å². The van der Waals surface area contributed by atoms with Gasteiger partial charge in [0.2, 0.25) is 0 Å². The van der Waals surface area contributed by atoms with Gasteiger partial charge < -0.3 is 25.0 Å². The van der Waals surface area contributed by atoms with Crippen LogP contribution in [0.3, 0.4) is 0 Å². The molecule has 0 saturated carbocycles. The molecule has 0 spiro atoms. The van der Waals surface area contributed by atoms with Gasteiger partial charge in [0, 0.05) is 24.8 Å². The molecular formula is C22H29N3O2. The first-order valence-electron chi connectivity index (χ1n) is 10.00. The van der Waals surface area contributed by atoms with Gasteiger partial charge in [0.15, 0.2) is 11.5 Å². The lowest BCUT2D eigenvalue weighted by molar-refractivity contribution is 0.241. The van der Waals surface area contributed by atoms with Crippen LogP contribution in [0, 0.1) is 0 Å². The van der Waals surface area contributed by atoms with Crippen molar-refractivity contribution >= 4 is 11.4 Å². The third-order valence-electron chi connectivity index (χ3n) is 5.30. The summed E-state index contributed by atoms with van der Waals surface area (Å²) in [5, 5.41) is 0. The van der Waals surface area contributed by atoms with Gasteiger partial charge in [-0.15, -0.1) is 0 Å². The van der Waals surface area contributed by atoms with E-state index in [1.807, 2.05) is 18.2 Å². The molecule has 1 fully saturated rings. The summed E-state index contributed by atoms with van der Waals surface area (Å²) in [4.78, 5) is 4.83. The van der Waals surface area contributed by atoms with Crippen molar-refractivity contribution in [2.75, 3.05) is 50.0 Å². The van der Waals surface area contributed by atoms with E-state index >= 15 is 0 Å². The Morgan fingerprint density at radius 1 is 1.04 bits per heavy atom.